The van der Waals surface area contributed by atoms with E-state index in [4.69, 9.17) is 4.52 Å². The van der Waals surface area contributed by atoms with Crippen LogP contribution in [0, 0.1) is 5.41 Å². The molecule has 1 N–H and O–H groups in total. The molecule has 5 rings (SSSR count). The molecule has 1 spiro atoms. The van der Waals surface area contributed by atoms with E-state index in [0.29, 0.717) is 11.7 Å². The molecule has 1 atom stereocenters. The van der Waals surface area contributed by atoms with Crippen molar-refractivity contribution >= 4 is 5.91 Å². The molecule has 0 radical (unpaired) electrons. The highest BCUT2D eigenvalue weighted by Crippen LogP contribution is 2.39. The van der Waals surface area contributed by atoms with E-state index in [-0.39, 0.29) is 11.3 Å². The number of amides is 1. The van der Waals surface area contributed by atoms with Crippen molar-refractivity contribution in [1.29, 1.82) is 0 Å². The van der Waals surface area contributed by atoms with Crippen molar-refractivity contribution in [3.05, 3.63) is 35.7 Å². The van der Waals surface area contributed by atoms with Gasteiger partial charge >= 0.3 is 0 Å². The first-order valence-electron chi connectivity index (χ1n) is 9.67. The predicted molar refractivity (Wildman–Crippen MR) is 96.8 cm³/mol. The molecule has 0 bridgehead atoms. The summed E-state index contributed by atoms with van der Waals surface area (Å²) in [6.45, 7) is 3.84. The van der Waals surface area contributed by atoms with Crippen molar-refractivity contribution in [3.63, 3.8) is 0 Å². The summed E-state index contributed by atoms with van der Waals surface area (Å²) in [7, 11) is 0. The Balaban J connectivity index is 1.30. The van der Waals surface area contributed by atoms with Crippen LogP contribution in [0.4, 0.5) is 0 Å². The van der Waals surface area contributed by atoms with Gasteiger partial charge in [-0.1, -0.05) is 17.3 Å². The lowest BCUT2D eigenvalue weighted by molar-refractivity contribution is 0.0553. The van der Waals surface area contributed by atoms with Crippen molar-refractivity contribution in [2.24, 2.45) is 5.41 Å². The van der Waals surface area contributed by atoms with E-state index < -0.39 is 0 Å². The number of aromatic nitrogens is 2. The minimum absolute atomic E-state index is 0.134. The molecule has 26 heavy (non-hydrogen) atoms. The molecule has 2 saturated heterocycles. The number of likely N-dealkylation sites (tertiary alicyclic amines) is 1. The van der Waals surface area contributed by atoms with E-state index in [9.17, 15) is 4.79 Å². The highest BCUT2D eigenvalue weighted by Gasteiger charge is 2.39. The van der Waals surface area contributed by atoms with E-state index in [2.05, 4.69) is 15.5 Å². The zero-order chi connectivity index (χ0) is 17.6. The summed E-state index contributed by atoms with van der Waals surface area (Å²) in [5.41, 5.74) is 1.92. The van der Waals surface area contributed by atoms with Gasteiger partial charge in [-0.3, -0.25) is 4.79 Å². The first-order valence-corrected chi connectivity index (χ1v) is 9.67. The van der Waals surface area contributed by atoms with Crippen LogP contribution >= 0.6 is 0 Å². The standard InChI is InChI=1S/C20H24N4O2/c25-19(24-11-1-8-20(13-24)9-10-21-12-20)16-6-2-14(3-7-16)17-22-18(26-23-17)15-4-5-15/h2-3,6-7,15,21H,1,4-5,8-13H2/t20-/m0/s1. The van der Waals surface area contributed by atoms with E-state index in [1.165, 1.54) is 12.8 Å². The Kier molecular flexibility index (Phi) is 3.81. The van der Waals surface area contributed by atoms with E-state index in [0.717, 1.165) is 62.5 Å². The molecule has 1 aliphatic carbocycles. The van der Waals surface area contributed by atoms with Crippen LogP contribution in [0.1, 0.15) is 54.3 Å². The molecule has 1 saturated carbocycles. The molecule has 3 aliphatic rings. The third-order valence-corrected chi connectivity index (χ3v) is 6.04. The summed E-state index contributed by atoms with van der Waals surface area (Å²) in [4.78, 5) is 19.5. The van der Waals surface area contributed by atoms with Crippen LogP contribution in [-0.4, -0.2) is 47.1 Å². The van der Waals surface area contributed by atoms with Gasteiger partial charge in [0.25, 0.3) is 5.91 Å². The van der Waals surface area contributed by atoms with Gasteiger partial charge in [0.05, 0.1) is 0 Å². The third kappa shape index (κ3) is 2.92. The molecular formula is C20H24N4O2. The minimum atomic E-state index is 0.134. The Morgan fingerprint density at radius 2 is 2.08 bits per heavy atom. The molecule has 0 unspecified atom stereocenters. The monoisotopic (exact) mass is 352 g/mol. The second-order valence-electron chi connectivity index (χ2n) is 8.06. The number of hydrogen-bond donors (Lipinski definition) is 1. The highest BCUT2D eigenvalue weighted by molar-refractivity contribution is 5.94. The van der Waals surface area contributed by atoms with Crippen LogP contribution < -0.4 is 5.32 Å². The Morgan fingerprint density at radius 1 is 1.23 bits per heavy atom. The fourth-order valence-electron chi connectivity index (χ4n) is 4.32. The van der Waals surface area contributed by atoms with Crippen molar-refractivity contribution in [1.82, 2.24) is 20.4 Å². The first kappa shape index (κ1) is 16.0. The van der Waals surface area contributed by atoms with Gasteiger partial charge in [-0.25, -0.2) is 0 Å². The number of hydrogen-bond acceptors (Lipinski definition) is 5. The minimum Gasteiger partial charge on any atom is -0.339 e. The average molecular weight is 352 g/mol. The van der Waals surface area contributed by atoms with Crippen LogP contribution in [0.5, 0.6) is 0 Å². The van der Waals surface area contributed by atoms with Gasteiger partial charge in [-0.2, -0.15) is 4.98 Å². The molecule has 6 heteroatoms. The normalized spacial score (nSPS) is 25.8. The fraction of sp³-hybridized carbons (Fsp3) is 0.550. The summed E-state index contributed by atoms with van der Waals surface area (Å²) in [5, 5.41) is 7.53. The number of piperidine rings is 1. The van der Waals surface area contributed by atoms with Crippen LogP contribution in [0.3, 0.4) is 0 Å². The fourth-order valence-corrected chi connectivity index (χ4v) is 4.32. The Bertz CT molecular complexity index is 803. The van der Waals surface area contributed by atoms with Gasteiger partial charge in [0.1, 0.15) is 0 Å². The number of rotatable bonds is 3. The van der Waals surface area contributed by atoms with Gasteiger partial charge in [-0.15, -0.1) is 0 Å². The SMILES string of the molecule is O=C(c1ccc(-c2noc(C3CC3)n2)cc1)N1CCC[C@@]2(CCNC2)C1. The maximum Gasteiger partial charge on any atom is 0.253 e. The molecule has 3 fully saturated rings. The lowest BCUT2D eigenvalue weighted by Gasteiger charge is -2.40. The maximum atomic E-state index is 12.9. The summed E-state index contributed by atoms with van der Waals surface area (Å²) < 4.78 is 5.33. The summed E-state index contributed by atoms with van der Waals surface area (Å²) in [6, 6.07) is 7.62. The van der Waals surface area contributed by atoms with Gasteiger partial charge in [-0.05, 0) is 50.8 Å². The quantitative estimate of drug-likeness (QED) is 0.920. The Morgan fingerprint density at radius 3 is 2.81 bits per heavy atom. The van der Waals surface area contributed by atoms with Crippen molar-refractivity contribution < 1.29 is 9.32 Å². The van der Waals surface area contributed by atoms with Crippen LogP contribution in [0.25, 0.3) is 11.4 Å². The smallest absolute Gasteiger partial charge is 0.253 e. The second kappa shape index (κ2) is 6.20. The zero-order valence-electron chi connectivity index (χ0n) is 14.9. The van der Waals surface area contributed by atoms with Crippen molar-refractivity contribution in [3.8, 4) is 11.4 Å². The maximum absolute atomic E-state index is 12.9. The number of carbonyl (C=O) groups excluding carboxylic acids is 1. The van der Waals surface area contributed by atoms with E-state index >= 15 is 0 Å². The molecule has 3 heterocycles. The Labute approximate surface area is 153 Å². The van der Waals surface area contributed by atoms with Gasteiger partial charge in [0.2, 0.25) is 11.7 Å². The van der Waals surface area contributed by atoms with Gasteiger partial charge < -0.3 is 14.7 Å². The predicted octanol–water partition coefficient (Wildman–Crippen LogP) is 2.83. The molecule has 2 aromatic rings. The van der Waals surface area contributed by atoms with Gasteiger partial charge in [0, 0.05) is 42.1 Å². The number of carbonyl (C=O) groups is 1. The van der Waals surface area contributed by atoms with Crippen molar-refractivity contribution in [2.45, 2.75) is 38.0 Å². The number of nitrogens with zero attached hydrogens (tertiary/aromatic N) is 3. The summed E-state index contributed by atoms with van der Waals surface area (Å²) in [5.74, 6) is 1.94. The van der Waals surface area contributed by atoms with Crippen LogP contribution in [0.15, 0.2) is 28.8 Å². The molecule has 136 valence electrons. The van der Waals surface area contributed by atoms with E-state index in [1.807, 2.05) is 29.2 Å². The Hall–Kier alpha value is -2.21. The van der Waals surface area contributed by atoms with Crippen molar-refractivity contribution in [2.75, 3.05) is 26.2 Å². The second-order valence-corrected chi connectivity index (χ2v) is 8.06. The topological polar surface area (TPSA) is 71.3 Å². The third-order valence-electron chi connectivity index (χ3n) is 6.04. The summed E-state index contributed by atoms with van der Waals surface area (Å²) >= 11 is 0. The molecular weight excluding hydrogens is 328 g/mol. The molecule has 1 aromatic heterocycles. The van der Waals surface area contributed by atoms with E-state index in [1.54, 1.807) is 0 Å². The number of benzene rings is 1. The number of nitrogens with one attached hydrogen (secondary N) is 1. The molecule has 2 aliphatic heterocycles. The largest absolute Gasteiger partial charge is 0.339 e. The average Bonchev–Trinajstić information content (AvgIpc) is 3.25. The van der Waals surface area contributed by atoms with Gasteiger partial charge in [0.15, 0.2) is 0 Å². The van der Waals surface area contributed by atoms with Crippen LogP contribution in [-0.2, 0) is 0 Å². The molecule has 6 nitrogen and oxygen atoms in total. The molecule has 1 aromatic carbocycles. The first-order chi connectivity index (χ1) is 12.7. The lowest BCUT2D eigenvalue weighted by atomic mass is 9.79. The highest BCUT2D eigenvalue weighted by atomic mass is 16.5. The lowest BCUT2D eigenvalue weighted by Crippen LogP contribution is -2.47. The molecule has 1 amide bonds. The summed E-state index contributed by atoms with van der Waals surface area (Å²) in [6.07, 6.45) is 5.78. The zero-order valence-corrected chi connectivity index (χ0v) is 14.9. The van der Waals surface area contributed by atoms with Crippen LogP contribution in [0.2, 0.25) is 0 Å².